The van der Waals surface area contributed by atoms with Gasteiger partial charge in [0.05, 0.1) is 5.56 Å². The third-order valence-corrected chi connectivity index (χ3v) is 2.31. The van der Waals surface area contributed by atoms with Gasteiger partial charge in [0.1, 0.15) is 18.5 Å². The third-order valence-electron chi connectivity index (χ3n) is 2.31. The van der Waals surface area contributed by atoms with E-state index in [0.29, 0.717) is 24.3 Å². The molecule has 0 spiro atoms. The fourth-order valence-electron chi connectivity index (χ4n) is 1.38. The summed E-state index contributed by atoms with van der Waals surface area (Å²) in [5.41, 5.74) is 0.477. The van der Waals surface area contributed by atoms with Crippen LogP contribution in [0.5, 0.6) is 0 Å². The SMILES string of the molecule is O=C(NCCCO)c1ccc(-n2cnnc2)nc1. The van der Waals surface area contributed by atoms with Crippen molar-refractivity contribution in [3.05, 3.63) is 36.5 Å². The van der Waals surface area contributed by atoms with Gasteiger partial charge in [0, 0.05) is 19.3 Å². The summed E-state index contributed by atoms with van der Waals surface area (Å²) in [5, 5.41) is 18.6. The number of carbonyl (C=O) groups is 1. The van der Waals surface area contributed by atoms with E-state index in [1.807, 2.05) is 0 Å². The van der Waals surface area contributed by atoms with Crippen LogP contribution in [0.25, 0.3) is 5.82 Å². The van der Waals surface area contributed by atoms with E-state index in [1.54, 1.807) is 16.7 Å². The first kappa shape index (κ1) is 12.2. The van der Waals surface area contributed by atoms with Crippen molar-refractivity contribution in [1.82, 2.24) is 25.1 Å². The van der Waals surface area contributed by atoms with Gasteiger partial charge < -0.3 is 10.4 Å². The van der Waals surface area contributed by atoms with Crippen LogP contribution in [-0.4, -0.2) is 43.9 Å². The van der Waals surface area contributed by atoms with Crippen molar-refractivity contribution in [2.75, 3.05) is 13.2 Å². The van der Waals surface area contributed by atoms with Gasteiger partial charge in [-0.3, -0.25) is 9.36 Å². The molecule has 0 saturated carbocycles. The van der Waals surface area contributed by atoms with Crippen LogP contribution in [-0.2, 0) is 0 Å². The summed E-state index contributed by atoms with van der Waals surface area (Å²) in [6, 6.07) is 3.39. The molecule has 2 heterocycles. The highest BCUT2D eigenvalue weighted by atomic mass is 16.3. The number of aliphatic hydroxyl groups is 1. The minimum atomic E-state index is -0.203. The maximum Gasteiger partial charge on any atom is 0.252 e. The van der Waals surface area contributed by atoms with Crippen molar-refractivity contribution in [2.24, 2.45) is 0 Å². The monoisotopic (exact) mass is 247 g/mol. The van der Waals surface area contributed by atoms with Gasteiger partial charge in [-0.1, -0.05) is 0 Å². The first-order valence-corrected chi connectivity index (χ1v) is 5.51. The maximum atomic E-state index is 11.7. The van der Waals surface area contributed by atoms with Crippen molar-refractivity contribution in [2.45, 2.75) is 6.42 Å². The summed E-state index contributed by atoms with van der Waals surface area (Å²) in [6.07, 6.45) is 5.09. The lowest BCUT2D eigenvalue weighted by Gasteiger charge is -2.04. The molecule has 2 N–H and O–H groups in total. The average molecular weight is 247 g/mol. The van der Waals surface area contributed by atoms with Gasteiger partial charge in [0.15, 0.2) is 0 Å². The van der Waals surface area contributed by atoms with Crippen LogP contribution in [0.2, 0.25) is 0 Å². The molecule has 2 aromatic rings. The van der Waals surface area contributed by atoms with Gasteiger partial charge in [-0.2, -0.15) is 0 Å². The van der Waals surface area contributed by atoms with Gasteiger partial charge in [0.2, 0.25) is 0 Å². The summed E-state index contributed by atoms with van der Waals surface area (Å²) < 4.78 is 1.65. The smallest absolute Gasteiger partial charge is 0.252 e. The molecule has 0 unspecified atom stereocenters. The number of hydrogen-bond donors (Lipinski definition) is 2. The van der Waals surface area contributed by atoms with Crippen LogP contribution >= 0.6 is 0 Å². The van der Waals surface area contributed by atoms with Crippen LogP contribution in [0.4, 0.5) is 0 Å². The van der Waals surface area contributed by atoms with Gasteiger partial charge in [-0.05, 0) is 18.6 Å². The zero-order chi connectivity index (χ0) is 12.8. The molecule has 0 bridgehead atoms. The van der Waals surface area contributed by atoms with Crippen molar-refractivity contribution in [3.63, 3.8) is 0 Å². The number of rotatable bonds is 5. The third kappa shape index (κ3) is 2.89. The van der Waals surface area contributed by atoms with E-state index in [0.717, 1.165) is 0 Å². The van der Waals surface area contributed by atoms with Crippen LogP contribution in [0.3, 0.4) is 0 Å². The van der Waals surface area contributed by atoms with E-state index in [4.69, 9.17) is 5.11 Å². The predicted octanol–water partition coefficient (Wildman–Crippen LogP) is -0.226. The Balaban J connectivity index is 2.01. The number of aromatic nitrogens is 4. The molecule has 0 fully saturated rings. The quantitative estimate of drug-likeness (QED) is 0.712. The normalized spacial score (nSPS) is 10.3. The molecule has 0 aromatic carbocycles. The van der Waals surface area contributed by atoms with Crippen LogP contribution in [0.1, 0.15) is 16.8 Å². The Morgan fingerprint density at radius 3 is 2.72 bits per heavy atom. The Hall–Kier alpha value is -2.28. The summed E-state index contributed by atoms with van der Waals surface area (Å²) >= 11 is 0. The lowest BCUT2D eigenvalue weighted by molar-refractivity contribution is 0.0951. The lowest BCUT2D eigenvalue weighted by atomic mass is 10.2. The second-order valence-corrected chi connectivity index (χ2v) is 3.61. The van der Waals surface area contributed by atoms with Crippen molar-refractivity contribution >= 4 is 5.91 Å². The molecular weight excluding hydrogens is 234 g/mol. The summed E-state index contributed by atoms with van der Waals surface area (Å²) in [4.78, 5) is 15.8. The van der Waals surface area contributed by atoms with Gasteiger partial charge in [0.25, 0.3) is 5.91 Å². The van der Waals surface area contributed by atoms with E-state index >= 15 is 0 Å². The van der Waals surface area contributed by atoms with Crippen LogP contribution in [0.15, 0.2) is 31.0 Å². The molecule has 2 aromatic heterocycles. The van der Waals surface area contributed by atoms with Crippen molar-refractivity contribution in [3.8, 4) is 5.82 Å². The number of nitrogens with one attached hydrogen (secondary N) is 1. The van der Waals surface area contributed by atoms with E-state index in [2.05, 4.69) is 20.5 Å². The Bertz CT molecular complexity index is 495. The minimum absolute atomic E-state index is 0.0606. The van der Waals surface area contributed by atoms with Gasteiger partial charge in [-0.25, -0.2) is 4.98 Å². The summed E-state index contributed by atoms with van der Waals surface area (Å²) in [6.45, 7) is 0.508. The molecule has 7 nitrogen and oxygen atoms in total. The van der Waals surface area contributed by atoms with E-state index in [-0.39, 0.29) is 12.5 Å². The molecule has 7 heteroatoms. The zero-order valence-electron chi connectivity index (χ0n) is 9.65. The number of hydrogen-bond acceptors (Lipinski definition) is 5. The van der Waals surface area contributed by atoms with Crippen LogP contribution in [0, 0.1) is 0 Å². The Labute approximate surface area is 104 Å². The number of aliphatic hydroxyl groups excluding tert-OH is 1. The molecule has 94 valence electrons. The Morgan fingerprint density at radius 2 is 2.11 bits per heavy atom. The molecule has 0 aliphatic rings. The number of amides is 1. The standard InChI is InChI=1S/C11H13N5O2/c17-5-1-4-12-11(18)9-2-3-10(13-6-9)16-7-14-15-8-16/h2-3,6-8,17H,1,4-5H2,(H,12,18). The Kier molecular flexibility index (Phi) is 3.98. The van der Waals surface area contributed by atoms with E-state index < -0.39 is 0 Å². The zero-order valence-corrected chi connectivity index (χ0v) is 9.65. The average Bonchev–Trinajstić information content (AvgIpc) is 2.93. The molecular formula is C11H13N5O2. The first-order valence-electron chi connectivity index (χ1n) is 5.51. The highest BCUT2D eigenvalue weighted by Gasteiger charge is 2.05. The topological polar surface area (TPSA) is 92.9 Å². The van der Waals surface area contributed by atoms with Crippen LogP contribution < -0.4 is 5.32 Å². The number of pyridine rings is 1. The molecule has 18 heavy (non-hydrogen) atoms. The summed E-state index contributed by atoms with van der Waals surface area (Å²) in [5.74, 6) is 0.443. The highest BCUT2D eigenvalue weighted by Crippen LogP contribution is 2.04. The molecule has 0 radical (unpaired) electrons. The summed E-state index contributed by atoms with van der Waals surface area (Å²) in [7, 11) is 0. The molecule has 0 aliphatic carbocycles. The lowest BCUT2D eigenvalue weighted by Crippen LogP contribution is -2.25. The number of nitrogens with zero attached hydrogens (tertiary/aromatic N) is 4. The highest BCUT2D eigenvalue weighted by molar-refractivity contribution is 5.93. The second kappa shape index (κ2) is 5.87. The molecule has 1 amide bonds. The molecule has 2 rings (SSSR count). The van der Waals surface area contributed by atoms with Gasteiger partial charge >= 0.3 is 0 Å². The molecule has 0 saturated heterocycles. The largest absolute Gasteiger partial charge is 0.396 e. The van der Waals surface area contributed by atoms with E-state index in [9.17, 15) is 4.79 Å². The van der Waals surface area contributed by atoms with Gasteiger partial charge in [-0.15, -0.1) is 10.2 Å². The second-order valence-electron chi connectivity index (χ2n) is 3.61. The fraction of sp³-hybridized carbons (Fsp3) is 0.273. The molecule has 0 atom stereocenters. The first-order chi connectivity index (χ1) is 8.81. The molecule has 0 aliphatic heterocycles. The van der Waals surface area contributed by atoms with Crippen molar-refractivity contribution < 1.29 is 9.90 Å². The predicted molar refractivity (Wildman–Crippen MR) is 63.2 cm³/mol. The van der Waals surface area contributed by atoms with Crippen molar-refractivity contribution in [1.29, 1.82) is 0 Å². The maximum absolute atomic E-state index is 11.7. The van der Waals surface area contributed by atoms with E-state index in [1.165, 1.54) is 18.9 Å². The number of carbonyl (C=O) groups excluding carboxylic acids is 1. The minimum Gasteiger partial charge on any atom is -0.396 e. The Morgan fingerprint density at radius 1 is 1.33 bits per heavy atom. The fourth-order valence-corrected chi connectivity index (χ4v) is 1.38.